The van der Waals surface area contributed by atoms with Gasteiger partial charge in [0.25, 0.3) is 0 Å². The quantitative estimate of drug-likeness (QED) is 0.843. The monoisotopic (exact) mass is 241 g/mol. The summed E-state index contributed by atoms with van der Waals surface area (Å²) in [6, 6.07) is 3.85. The summed E-state index contributed by atoms with van der Waals surface area (Å²) in [5.74, 6) is -1.80. The maximum absolute atomic E-state index is 12.9. The average molecular weight is 241 g/mol. The molecule has 0 aliphatic rings. The molecule has 0 aliphatic carbocycles. The first kappa shape index (κ1) is 13.6. The van der Waals surface area contributed by atoms with Crippen LogP contribution in [0.4, 0.5) is 8.78 Å². The van der Waals surface area contributed by atoms with E-state index in [9.17, 15) is 13.6 Å². The van der Waals surface area contributed by atoms with Crippen molar-refractivity contribution >= 4 is 5.91 Å². The van der Waals surface area contributed by atoms with Crippen molar-refractivity contribution in [2.45, 2.75) is 39.2 Å². The number of hydrogen-bond acceptors (Lipinski definition) is 1. The lowest BCUT2D eigenvalue weighted by molar-refractivity contribution is -0.121. The summed E-state index contributed by atoms with van der Waals surface area (Å²) < 4.78 is 25.6. The molecule has 0 radical (unpaired) electrons. The van der Waals surface area contributed by atoms with Crippen LogP contribution in [0.2, 0.25) is 0 Å². The van der Waals surface area contributed by atoms with E-state index in [1.165, 1.54) is 6.07 Å². The van der Waals surface area contributed by atoms with Crippen molar-refractivity contribution in [1.82, 2.24) is 5.32 Å². The second kappa shape index (κ2) is 6.33. The molecule has 17 heavy (non-hydrogen) atoms. The van der Waals surface area contributed by atoms with Crippen LogP contribution in [-0.4, -0.2) is 11.9 Å². The molecule has 4 heteroatoms. The zero-order valence-electron chi connectivity index (χ0n) is 10.1. The third kappa shape index (κ3) is 4.51. The summed E-state index contributed by atoms with van der Waals surface area (Å²) in [4.78, 5) is 11.5. The lowest BCUT2D eigenvalue weighted by Crippen LogP contribution is -2.32. The topological polar surface area (TPSA) is 29.1 Å². The third-order valence-electron chi connectivity index (χ3n) is 2.64. The Morgan fingerprint density at radius 2 is 2.06 bits per heavy atom. The van der Waals surface area contributed by atoms with Crippen LogP contribution in [0.3, 0.4) is 0 Å². The average Bonchev–Trinajstić information content (AvgIpc) is 2.30. The van der Waals surface area contributed by atoms with Crippen LogP contribution in [-0.2, 0) is 11.2 Å². The number of amides is 1. The molecule has 0 heterocycles. The Labute approximate surface area is 100 Å². The van der Waals surface area contributed by atoms with Gasteiger partial charge in [-0.3, -0.25) is 4.79 Å². The van der Waals surface area contributed by atoms with Crippen LogP contribution in [0.15, 0.2) is 18.2 Å². The summed E-state index contributed by atoms with van der Waals surface area (Å²) in [5.41, 5.74) is 0.628. The lowest BCUT2D eigenvalue weighted by Gasteiger charge is -2.11. The van der Waals surface area contributed by atoms with E-state index in [0.717, 1.165) is 18.6 Å². The van der Waals surface area contributed by atoms with Crippen molar-refractivity contribution in [2.75, 3.05) is 0 Å². The largest absolute Gasteiger partial charge is 0.354 e. The molecule has 0 spiro atoms. The minimum absolute atomic E-state index is 0.0657. The molecule has 1 aromatic rings. The number of nitrogens with one attached hydrogen (secondary N) is 1. The van der Waals surface area contributed by atoms with Gasteiger partial charge >= 0.3 is 0 Å². The van der Waals surface area contributed by atoms with Gasteiger partial charge in [0, 0.05) is 12.5 Å². The molecule has 1 rings (SSSR count). The Balaban J connectivity index is 2.45. The van der Waals surface area contributed by atoms with Crippen molar-refractivity contribution < 1.29 is 13.6 Å². The molecule has 0 saturated carbocycles. The predicted molar refractivity (Wildman–Crippen MR) is 62.6 cm³/mol. The van der Waals surface area contributed by atoms with E-state index in [0.29, 0.717) is 12.0 Å². The fourth-order valence-corrected chi connectivity index (χ4v) is 1.40. The van der Waals surface area contributed by atoms with E-state index < -0.39 is 11.6 Å². The van der Waals surface area contributed by atoms with Crippen LogP contribution >= 0.6 is 0 Å². The number of aryl methyl sites for hydroxylation is 1. The highest BCUT2D eigenvalue weighted by Gasteiger charge is 2.07. The zero-order valence-corrected chi connectivity index (χ0v) is 10.1. The van der Waals surface area contributed by atoms with Gasteiger partial charge in [-0.2, -0.15) is 0 Å². The van der Waals surface area contributed by atoms with Crippen LogP contribution in [0.25, 0.3) is 0 Å². The molecule has 2 nitrogen and oxygen atoms in total. The molecular formula is C13H17F2NO. The van der Waals surface area contributed by atoms with E-state index in [1.807, 2.05) is 13.8 Å². The molecule has 1 aromatic carbocycles. The fraction of sp³-hybridized carbons (Fsp3) is 0.462. The Morgan fingerprint density at radius 1 is 1.35 bits per heavy atom. The summed E-state index contributed by atoms with van der Waals surface area (Å²) in [7, 11) is 0. The SMILES string of the molecule is CC[C@H](C)NC(=O)CCc1ccc(F)c(F)c1. The Morgan fingerprint density at radius 3 is 2.65 bits per heavy atom. The second-order valence-electron chi connectivity index (χ2n) is 4.13. The number of carbonyl (C=O) groups excluding carboxylic acids is 1. The molecule has 0 fully saturated rings. The van der Waals surface area contributed by atoms with Gasteiger partial charge in [0.1, 0.15) is 0 Å². The summed E-state index contributed by atoms with van der Waals surface area (Å²) in [6.07, 6.45) is 1.58. The number of carbonyl (C=O) groups is 1. The Kier molecular flexibility index (Phi) is 5.07. The molecule has 1 atom stereocenters. The molecule has 0 unspecified atom stereocenters. The molecule has 0 saturated heterocycles. The Hall–Kier alpha value is -1.45. The highest BCUT2D eigenvalue weighted by molar-refractivity contribution is 5.76. The minimum Gasteiger partial charge on any atom is -0.354 e. The van der Waals surface area contributed by atoms with E-state index in [4.69, 9.17) is 0 Å². The van der Waals surface area contributed by atoms with Crippen molar-refractivity contribution in [3.63, 3.8) is 0 Å². The number of rotatable bonds is 5. The zero-order chi connectivity index (χ0) is 12.8. The molecule has 1 N–H and O–H groups in total. The highest BCUT2D eigenvalue weighted by atomic mass is 19.2. The number of halogens is 2. The predicted octanol–water partition coefficient (Wildman–Crippen LogP) is 2.81. The van der Waals surface area contributed by atoms with Gasteiger partial charge in [0.05, 0.1) is 0 Å². The van der Waals surface area contributed by atoms with Gasteiger partial charge in [-0.05, 0) is 37.5 Å². The third-order valence-corrected chi connectivity index (χ3v) is 2.64. The van der Waals surface area contributed by atoms with Gasteiger partial charge < -0.3 is 5.32 Å². The van der Waals surface area contributed by atoms with E-state index in [2.05, 4.69) is 5.32 Å². The maximum atomic E-state index is 12.9. The molecule has 0 aromatic heterocycles. The van der Waals surface area contributed by atoms with Gasteiger partial charge in [0.2, 0.25) is 5.91 Å². The van der Waals surface area contributed by atoms with E-state index in [-0.39, 0.29) is 18.4 Å². The van der Waals surface area contributed by atoms with Crippen LogP contribution in [0.1, 0.15) is 32.3 Å². The lowest BCUT2D eigenvalue weighted by atomic mass is 10.1. The second-order valence-corrected chi connectivity index (χ2v) is 4.13. The van der Waals surface area contributed by atoms with Gasteiger partial charge in [0.15, 0.2) is 11.6 Å². The smallest absolute Gasteiger partial charge is 0.220 e. The standard InChI is InChI=1S/C13H17F2NO/c1-3-9(2)16-13(17)7-5-10-4-6-11(14)12(15)8-10/h4,6,8-9H,3,5,7H2,1-2H3,(H,16,17)/t9-/m0/s1. The highest BCUT2D eigenvalue weighted by Crippen LogP contribution is 2.10. The number of benzene rings is 1. The molecule has 94 valence electrons. The minimum atomic E-state index is -0.871. The molecule has 1 amide bonds. The van der Waals surface area contributed by atoms with Crippen molar-refractivity contribution in [2.24, 2.45) is 0 Å². The van der Waals surface area contributed by atoms with Crippen molar-refractivity contribution in [1.29, 1.82) is 0 Å². The summed E-state index contributed by atoms with van der Waals surface area (Å²) in [5, 5.41) is 2.82. The van der Waals surface area contributed by atoms with Crippen molar-refractivity contribution in [3.8, 4) is 0 Å². The van der Waals surface area contributed by atoms with Gasteiger partial charge in [-0.1, -0.05) is 13.0 Å². The molecular weight excluding hydrogens is 224 g/mol. The van der Waals surface area contributed by atoms with Crippen LogP contribution < -0.4 is 5.32 Å². The van der Waals surface area contributed by atoms with Gasteiger partial charge in [-0.25, -0.2) is 8.78 Å². The summed E-state index contributed by atoms with van der Waals surface area (Å²) in [6.45, 7) is 3.91. The molecule has 0 aliphatic heterocycles. The van der Waals surface area contributed by atoms with Gasteiger partial charge in [-0.15, -0.1) is 0 Å². The summed E-state index contributed by atoms with van der Waals surface area (Å²) >= 11 is 0. The van der Waals surface area contributed by atoms with Crippen LogP contribution in [0.5, 0.6) is 0 Å². The van der Waals surface area contributed by atoms with Crippen molar-refractivity contribution in [3.05, 3.63) is 35.4 Å². The normalized spacial score (nSPS) is 12.2. The fourth-order valence-electron chi connectivity index (χ4n) is 1.40. The molecule has 0 bridgehead atoms. The first-order chi connectivity index (χ1) is 8.02. The first-order valence-corrected chi connectivity index (χ1v) is 5.76. The van der Waals surface area contributed by atoms with Crippen LogP contribution in [0, 0.1) is 11.6 Å². The number of hydrogen-bond donors (Lipinski definition) is 1. The maximum Gasteiger partial charge on any atom is 0.220 e. The van der Waals surface area contributed by atoms with E-state index in [1.54, 1.807) is 0 Å². The Bertz CT molecular complexity index is 393. The first-order valence-electron chi connectivity index (χ1n) is 5.76. The van der Waals surface area contributed by atoms with E-state index >= 15 is 0 Å².